The third-order valence-corrected chi connectivity index (χ3v) is 4.91. The Kier molecular flexibility index (Phi) is 6.01. The Balaban J connectivity index is 1.77. The normalized spacial score (nSPS) is 26.9. The molecule has 0 aromatic rings. The largest absolute Gasteiger partial charge is 0.345 e. The van der Waals surface area contributed by atoms with Crippen LogP contribution in [0.1, 0.15) is 39.0 Å². The van der Waals surface area contributed by atoms with Crippen LogP contribution in [0.3, 0.4) is 0 Å². The molecule has 0 radical (unpaired) electrons. The van der Waals surface area contributed by atoms with Gasteiger partial charge in [0.05, 0.1) is 12.5 Å². The average molecular weight is 292 g/mol. The highest BCUT2D eigenvalue weighted by atomic mass is 16.2. The van der Waals surface area contributed by atoms with Crippen LogP contribution in [0.15, 0.2) is 0 Å². The molecule has 2 rings (SSSR count). The van der Waals surface area contributed by atoms with Crippen LogP contribution in [0.25, 0.3) is 0 Å². The van der Waals surface area contributed by atoms with Crippen LogP contribution < -0.4 is 0 Å². The van der Waals surface area contributed by atoms with Crippen LogP contribution >= 0.6 is 0 Å². The third-order valence-electron chi connectivity index (χ3n) is 4.91. The minimum absolute atomic E-state index is 0.156. The molecule has 1 amide bonds. The van der Waals surface area contributed by atoms with E-state index < -0.39 is 0 Å². The smallest absolute Gasteiger partial charge is 0.223 e. The Bertz CT molecular complexity index is 392. The van der Waals surface area contributed by atoms with Crippen LogP contribution in [0.2, 0.25) is 0 Å². The highest BCUT2D eigenvalue weighted by Crippen LogP contribution is 2.24. The van der Waals surface area contributed by atoms with E-state index in [1.165, 1.54) is 25.8 Å². The van der Waals surface area contributed by atoms with Gasteiger partial charge in [-0.2, -0.15) is 5.26 Å². The summed E-state index contributed by atoms with van der Waals surface area (Å²) in [5.41, 5.74) is 0. The number of rotatable bonds is 5. The van der Waals surface area contributed by atoms with E-state index in [9.17, 15) is 4.79 Å². The molecular weight excluding hydrogens is 264 g/mol. The second-order valence-electron chi connectivity index (χ2n) is 6.46. The Morgan fingerprint density at radius 1 is 1.38 bits per heavy atom. The molecule has 0 aromatic carbocycles. The van der Waals surface area contributed by atoms with Gasteiger partial charge in [-0.05, 0) is 26.3 Å². The van der Waals surface area contributed by atoms with Crippen molar-refractivity contribution < 1.29 is 4.79 Å². The first-order valence-electron chi connectivity index (χ1n) is 8.21. The van der Waals surface area contributed by atoms with Gasteiger partial charge >= 0.3 is 0 Å². The van der Waals surface area contributed by atoms with E-state index in [1.54, 1.807) is 11.9 Å². The predicted molar refractivity (Wildman–Crippen MR) is 82.7 cm³/mol. The number of piperazine rings is 1. The lowest BCUT2D eigenvalue weighted by atomic mass is 9.97. The van der Waals surface area contributed by atoms with E-state index in [0.29, 0.717) is 31.5 Å². The summed E-state index contributed by atoms with van der Waals surface area (Å²) >= 11 is 0. The number of carbonyl (C=O) groups excluding carboxylic acids is 1. The molecule has 118 valence electrons. The van der Waals surface area contributed by atoms with Crippen LogP contribution in [0.4, 0.5) is 0 Å². The lowest BCUT2D eigenvalue weighted by Gasteiger charge is -2.47. The zero-order chi connectivity index (χ0) is 15.2. The van der Waals surface area contributed by atoms with Crippen LogP contribution in [0.5, 0.6) is 0 Å². The predicted octanol–water partition coefficient (Wildman–Crippen LogP) is 1.31. The van der Waals surface area contributed by atoms with Gasteiger partial charge < -0.3 is 4.90 Å². The first-order valence-corrected chi connectivity index (χ1v) is 8.21. The van der Waals surface area contributed by atoms with Crippen molar-refractivity contribution in [3.63, 3.8) is 0 Å². The molecule has 0 spiro atoms. The quantitative estimate of drug-likeness (QED) is 0.766. The van der Waals surface area contributed by atoms with E-state index in [4.69, 9.17) is 5.26 Å². The minimum Gasteiger partial charge on any atom is -0.345 e. The fourth-order valence-corrected chi connectivity index (χ4v) is 3.50. The number of piperidine rings is 1. The third kappa shape index (κ3) is 4.42. The van der Waals surface area contributed by atoms with Crippen molar-refractivity contribution in [1.82, 2.24) is 14.7 Å². The number of amides is 1. The molecule has 2 fully saturated rings. The number of hydrogen-bond acceptors (Lipinski definition) is 4. The maximum absolute atomic E-state index is 12.1. The summed E-state index contributed by atoms with van der Waals surface area (Å²) in [7, 11) is 1.79. The van der Waals surface area contributed by atoms with Gasteiger partial charge in [0.1, 0.15) is 0 Å². The van der Waals surface area contributed by atoms with Crippen LogP contribution in [-0.4, -0.2) is 72.5 Å². The lowest BCUT2D eigenvalue weighted by molar-refractivity contribution is -0.130. The molecule has 2 aliphatic rings. The number of fused-ring (bicyclic) bond motifs is 1. The molecule has 2 atom stereocenters. The monoisotopic (exact) mass is 292 g/mol. The summed E-state index contributed by atoms with van der Waals surface area (Å²) in [5.74, 6) is 0.156. The molecule has 5 nitrogen and oxygen atoms in total. The van der Waals surface area contributed by atoms with Crippen molar-refractivity contribution in [2.75, 3.05) is 39.8 Å². The highest BCUT2D eigenvalue weighted by Gasteiger charge is 2.32. The van der Waals surface area contributed by atoms with Gasteiger partial charge in [-0.1, -0.05) is 6.42 Å². The van der Waals surface area contributed by atoms with Gasteiger partial charge in [-0.15, -0.1) is 0 Å². The Morgan fingerprint density at radius 2 is 2.19 bits per heavy atom. The maximum atomic E-state index is 12.1. The zero-order valence-electron chi connectivity index (χ0n) is 13.4. The fraction of sp³-hybridized carbons (Fsp3) is 0.875. The second-order valence-corrected chi connectivity index (χ2v) is 6.46. The van der Waals surface area contributed by atoms with Crippen molar-refractivity contribution in [3.05, 3.63) is 0 Å². The number of nitriles is 1. The Morgan fingerprint density at radius 3 is 2.95 bits per heavy atom. The Labute approximate surface area is 128 Å². The topological polar surface area (TPSA) is 50.6 Å². The van der Waals surface area contributed by atoms with E-state index in [0.717, 1.165) is 19.6 Å². The maximum Gasteiger partial charge on any atom is 0.223 e. The Hall–Kier alpha value is -1.12. The molecule has 0 aromatic heterocycles. The van der Waals surface area contributed by atoms with E-state index in [1.807, 2.05) is 0 Å². The summed E-state index contributed by atoms with van der Waals surface area (Å²) in [6, 6.07) is 3.32. The summed E-state index contributed by atoms with van der Waals surface area (Å²) in [5, 5.41) is 8.57. The molecule has 2 unspecified atom stereocenters. The van der Waals surface area contributed by atoms with Gasteiger partial charge in [-0.3, -0.25) is 14.6 Å². The highest BCUT2D eigenvalue weighted by molar-refractivity contribution is 5.76. The van der Waals surface area contributed by atoms with Crippen molar-refractivity contribution in [1.29, 1.82) is 5.26 Å². The van der Waals surface area contributed by atoms with Gasteiger partial charge in [-0.25, -0.2) is 0 Å². The molecule has 0 saturated carbocycles. The van der Waals surface area contributed by atoms with Gasteiger partial charge in [0.2, 0.25) is 5.91 Å². The standard InChI is InChI=1S/C16H28N4O/c1-14-12-20-10-4-3-6-15(20)13-19(14)11-7-16(21)18(2)9-5-8-17/h14-15H,3-7,9-13H2,1-2H3. The molecule has 2 heterocycles. The molecule has 0 N–H and O–H groups in total. The van der Waals surface area contributed by atoms with Gasteiger partial charge in [0.25, 0.3) is 0 Å². The van der Waals surface area contributed by atoms with Crippen molar-refractivity contribution >= 4 is 5.91 Å². The zero-order valence-corrected chi connectivity index (χ0v) is 13.4. The van der Waals surface area contributed by atoms with Crippen molar-refractivity contribution in [2.24, 2.45) is 0 Å². The SMILES string of the molecule is CC1CN2CCCCC2CN1CCC(=O)N(C)CCC#N. The number of nitrogens with zero attached hydrogens (tertiary/aromatic N) is 4. The molecule has 5 heteroatoms. The summed E-state index contributed by atoms with van der Waals surface area (Å²) in [4.78, 5) is 18.9. The summed E-state index contributed by atoms with van der Waals surface area (Å²) < 4.78 is 0. The minimum atomic E-state index is 0.156. The molecule has 2 saturated heterocycles. The average Bonchev–Trinajstić information content (AvgIpc) is 2.50. The van der Waals surface area contributed by atoms with Crippen molar-refractivity contribution in [2.45, 2.75) is 51.1 Å². The van der Waals surface area contributed by atoms with Crippen LogP contribution in [0, 0.1) is 11.3 Å². The van der Waals surface area contributed by atoms with Gasteiger partial charge in [0.15, 0.2) is 0 Å². The summed E-state index contributed by atoms with van der Waals surface area (Å²) in [6.07, 6.45) is 4.97. The first kappa shape index (κ1) is 16.3. The van der Waals surface area contributed by atoms with Crippen molar-refractivity contribution in [3.8, 4) is 6.07 Å². The number of carbonyl (C=O) groups is 1. The first-order chi connectivity index (χ1) is 10.1. The van der Waals surface area contributed by atoms with Gasteiger partial charge in [0, 0.05) is 51.7 Å². The van der Waals surface area contributed by atoms with E-state index >= 15 is 0 Å². The molecule has 21 heavy (non-hydrogen) atoms. The molecular formula is C16H28N4O. The number of hydrogen-bond donors (Lipinski definition) is 0. The molecule has 0 aliphatic carbocycles. The molecule has 0 bridgehead atoms. The van der Waals surface area contributed by atoms with E-state index in [2.05, 4.69) is 22.8 Å². The summed E-state index contributed by atoms with van der Waals surface area (Å²) in [6.45, 7) is 7.16. The fourth-order valence-electron chi connectivity index (χ4n) is 3.50. The molecule has 2 aliphatic heterocycles. The van der Waals surface area contributed by atoms with Crippen LogP contribution in [-0.2, 0) is 4.79 Å². The van der Waals surface area contributed by atoms with E-state index in [-0.39, 0.29) is 5.91 Å². The lowest BCUT2D eigenvalue weighted by Crippen LogP contribution is -2.58. The second kappa shape index (κ2) is 7.77.